The van der Waals surface area contributed by atoms with Crippen LogP contribution in [0.1, 0.15) is 49.7 Å². The second kappa shape index (κ2) is 6.18. The number of carbonyl (C=O) groups excluding carboxylic acids is 1. The Labute approximate surface area is 126 Å². The Kier molecular flexibility index (Phi) is 4.29. The number of amides is 1. The van der Waals surface area contributed by atoms with Gasteiger partial charge in [0.05, 0.1) is 5.60 Å². The maximum absolute atomic E-state index is 12.4. The molecule has 1 aromatic rings. The summed E-state index contributed by atoms with van der Waals surface area (Å²) in [7, 11) is 0. The van der Waals surface area contributed by atoms with Gasteiger partial charge in [-0.15, -0.1) is 0 Å². The number of rotatable bonds is 3. The lowest BCUT2D eigenvalue weighted by molar-refractivity contribution is -0.127. The molecule has 114 valence electrons. The fourth-order valence-electron chi connectivity index (χ4n) is 3.70. The lowest BCUT2D eigenvalue weighted by atomic mass is 9.82. The minimum atomic E-state index is -0.666. The van der Waals surface area contributed by atoms with Crippen LogP contribution in [0.15, 0.2) is 24.3 Å². The molecule has 1 saturated carbocycles. The third kappa shape index (κ3) is 3.46. The summed E-state index contributed by atoms with van der Waals surface area (Å²) in [5.74, 6) is 0.176. The third-order valence-electron chi connectivity index (χ3n) is 5.09. The van der Waals surface area contributed by atoms with Gasteiger partial charge in [-0.05, 0) is 43.2 Å². The molecular formula is C18H25NO2. The molecule has 0 aliphatic heterocycles. The maximum Gasteiger partial charge on any atom is 0.223 e. The monoisotopic (exact) mass is 287 g/mol. The van der Waals surface area contributed by atoms with Gasteiger partial charge in [0.15, 0.2) is 0 Å². The minimum absolute atomic E-state index is 0.0621. The molecule has 0 spiro atoms. The van der Waals surface area contributed by atoms with E-state index in [-0.39, 0.29) is 11.8 Å². The van der Waals surface area contributed by atoms with Gasteiger partial charge < -0.3 is 10.4 Å². The molecule has 1 aromatic carbocycles. The molecule has 0 heterocycles. The molecule has 3 heteroatoms. The SMILES string of the molecule is O=C(NCC1(O)CCCCC1)C1CCc2ccccc2C1. The lowest BCUT2D eigenvalue weighted by Gasteiger charge is -2.33. The van der Waals surface area contributed by atoms with Crippen molar-refractivity contribution < 1.29 is 9.90 Å². The predicted molar refractivity (Wildman–Crippen MR) is 83.0 cm³/mol. The van der Waals surface area contributed by atoms with Crippen molar-refractivity contribution in [3.05, 3.63) is 35.4 Å². The van der Waals surface area contributed by atoms with Gasteiger partial charge in [0.1, 0.15) is 0 Å². The number of carbonyl (C=O) groups is 1. The number of aryl methyl sites for hydroxylation is 1. The topological polar surface area (TPSA) is 49.3 Å². The Bertz CT molecular complexity index is 506. The van der Waals surface area contributed by atoms with Gasteiger partial charge >= 0.3 is 0 Å². The number of hydrogen-bond donors (Lipinski definition) is 2. The van der Waals surface area contributed by atoms with E-state index in [9.17, 15) is 9.90 Å². The number of fused-ring (bicyclic) bond motifs is 1. The Morgan fingerprint density at radius 2 is 1.90 bits per heavy atom. The molecule has 21 heavy (non-hydrogen) atoms. The van der Waals surface area contributed by atoms with Crippen molar-refractivity contribution in [3.8, 4) is 0 Å². The third-order valence-corrected chi connectivity index (χ3v) is 5.09. The molecule has 2 aliphatic carbocycles. The first-order chi connectivity index (χ1) is 10.2. The van der Waals surface area contributed by atoms with Gasteiger partial charge in [0.2, 0.25) is 5.91 Å². The molecule has 3 rings (SSSR count). The molecule has 0 aromatic heterocycles. The molecule has 2 aliphatic rings. The number of benzene rings is 1. The fourth-order valence-corrected chi connectivity index (χ4v) is 3.70. The zero-order chi connectivity index (χ0) is 14.7. The first kappa shape index (κ1) is 14.6. The summed E-state index contributed by atoms with van der Waals surface area (Å²) in [4.78, 5) is 12.4. The van der Waals surface area contributed by atoms with Crippen LogP contribution in [0.4, 0.5) is 0 Å². The Morgan fingerprint density at radius 3 is 2.67 bits per heavy atom. The second-order valence-corrected chi connectivity index (χ2v) is 6.71. The van der Waals surface area contributed by atoms with Crippen LogP contribution in [0.2, 0.25) is 0 Å². The van der Waals surface area contributed by atoms with E-state index < -0.39 is 5.60 Å². The summed E-state index contributed by atoms with van der Waals surface area (Å²) in [6.07, 6.45) is 7.73. The maximum atomic E-state index is 12.4. The second-order valence-electron chi connectivity index (χ2n) is 6.71. The lowest BCUT2D eigenvalue weighted by Crippen LogP contribution is -2.46. The smallest absolute Gasteiger partial charge is 0.223 e. The summed E-state index contributed by atoms with van der Waals surface area (Å²) in [5.41, 5.74) is 2.02. The molecule has 0 radical (unpaired) electrons. The van der Waals surface area contributed by atoms with Crippen LogP contribution >= 0.6 is 0 Å². The number of aliphatic hydroxyl groups is 1. The molecular weight excluding hydrogens is 262 g/mol. The minimum Gasteiger partial charge on any atom is -0.388 e. The van der Waals surface area contributed by atoms with Gasteiger partial charge in [0, 0.05) is 12.5 Å². The summed E-state index contributed by atoms with van der Waals surface area (Å²) < 4.78 is 0. The molecule has 0 saturated heterocycles. The quantitative estimate of drug-likeness (QED) is 0.898. The molecule has 1 fully saturated rings. The van der Waals surface area contributed by atoms with Crippen LogP contribution in [-0.2, 0) is 17.6 Å². The van der Waals surface area contributed by atoms with E-state index in [1.165, 1.54) is 17.5 Å². The summed E-state index contributed by atoms with van der Waals surface area (Å²) >= 11 is 0. The summed E-state index contributed by atoms with van der Waals surface area (Å²) in [6, 6.07) is 8.40. The zero-order valence-corrected chi connectivity index (χ0v) is 12.6. The highest BCUT2D eigenvalue weighted by atomic mass is 16.3. The molecule has 1 atom stereocenters. The number of hydrogen-bond acceptors (Lipinski definition) is 2. The molecule has 1 unspecified atom stereocenters. The van der Waals surface area contributed by atoms with Crippen molar-refractivity contribution in [2.24, 2.45) is 5.92 Å². The standard InChI is InChI=1S/C18H25NO2/c20-17(19-13-18(21)10-4-1-5-11-18)16-9-8-14-6-2-3-7-15(14)12-16/h2-3,6-7,16,21H,1,4-5,8-13H2,(H,19,20). The van der Waals surface area contributed by atoms with E-state index in [1.54, 1.807) is 0 Å². The number of nitrogens with one attached hydrogen (secondary N) is 1. The summed E-state index contributed by atoms with van der Waals surface area (Å²) in [6.45, 7) is 0.421. The van der Waals surface area contributed by atoms with Gasteiger partial charge in [-0.3, -0.25) is 4.79 Å². The highest BCUT2D eigenvalue weighted by Gasteiger charge is 2.31. The van der Waals surface area contributed by atoms with Gasteiger partial charge in [-0.2, -0.15) is 0 Å². The first-order valence-electron chi connectivity index (χ1n) is 8.23. The average molecular weight is 287 g/mol. The highest BCUT2D eigenvalue weighted by molar-refractivity contribution is 5.79. The van der Waals surface area contributed by atoms with Gasteiger partial charge in [-0.1, -0.05) is 43.5 Å². The normalized spacial score (nSPS) is 24.1. The van der Waals surface area contributed by atoms with Gasteiger partial charge in [0.25, 0.3) is 0 Å². The van der Waals surface area contributed by atoms with Gasteiger partial charge in [-0.25, -0.2) is 0 Å². The Morgan fingerprint density at radius 1 is 1.19 bits per heavy atom. The van der Waals surface area contributed by atoms with Crippen LogP contribution in [0, 0.1) is 5.92 Å². The van der Waals surface area contributed by atoms with Crippen molar-refractivity contribution in [2.45, 2.75) is 57.0 Å². The molecule has 0 bridgehead atoms. The fraction of sp³-hybridized carbons (Fsp3) is 0.611. The van der Waals surface area contributed by atoms with E-state index in [0.717, 1.165) is 44.9 Å². The highest BCUT2D eigenvalue weighted by Crippen LogP contribution is 2.28. The van der Waals surface area contributed by atoms with Crippen LogP contribution in [0.25, 0.3) is 0 Å². The van der Waals surface area contributed by atoms with Crippen molar-refractivity contribution in [1.29, 1.82) is 0 Å². The van der Waals surface area contributed by atoms with E-state index in [4.69, 9.17) is 0 Å². The van der Waals surface area contributed by atoms with Crippen LogP contribution in [-0.4, -0.2) is 23.2 Å². The first-order valence-corrected chi connectivity index (χ1v) is 8.23. The van der Waals surface area contributed by atoms with E-state index in [2.05, 4.69) is 23.5 Å². The van der Waals surface area contributed by atoms with Crippen molar-refractivity contribution in [2.75, 3.05) is 6.54 Å². The Balaban J connectivity index is 1.55. The van der Waals surface area contributed by atoms with Crippen LogP contribution < -0.4 is 5.32 Å². The van der Waals surface area contributed by atoms with Crippen LogP contribution in [0.3, 0.4) is 0 Å². The largest absolute Gasteiger partial charge is 0.388 e. The predicted octanol–water partition coefficient (Wildman–Crippen LogP) is 2.60. The average Bonchev–Trinajstić information content (AvgIpc) is 2.53. The molecule has 1 amide bonds. The van der Waals surface area contributed by atoms with Crippen molar-refractivity contribution >= 4 is 5.91 Å². The molecule has 3 nitrogen and oxygen atoms in total. The van der Waals surface area contributed by atoms with E-state index >= 15 is 0 Å². The summed E-state index contributed by atoms with van der Waals surface area (Å²) in [5, 5.41) is 13.5. The molecule has 2 N–H and O–H groups in total. The van der Waals surface area contributed by atoms with E-state index in [1.807, 2.05) is 6.07 Å². The zero-order valence-electron chi connectivity index (χ0n) is 12.6. The van der Waals surface area contributed by atoms with E-state index in [0.29, 0.717) is 6.54 Å². The Hall–Kier alpha value is -1.35. The van der Waals surface area contributed by atoms with Crippen molar-refractivity contribution in [3.63, 3.8) is 0 Å². The van der Waals surface area contributed by atoms with Crippen LogP contribution in [0.5, 0.6) is 0 Å². The van der Waals surface area contributed by atoms with Crippen molar-refractivity contribution in [1.82, 2.24) is 5.32 Å².